The highest BCUT2D eigenvalue weighted by molar-refractivity contribution is 5.51. The molecule has 2 aromatic heterocycles. The zero-order valence-corrected chi connectivity index (χ0v) is 6.31. The SMILES string of the molecule is [c]1cnc(-c2ccccn2)cn1. The fourth-order valence-electron chi connectivity index (χ4n) is 0.910. The molecule has 12 heavy (non-hydrogen) atoms. The zero-order chi connectivity index (χ0) is 8.23. The van der Waals surface area contributed by atoms with Crippen LogP contribution in [0.25, 0.3) is 11.4 Å². The van der Waals surface area contributed by atoms with Gasteiger partial charge in [0, 0.05) is 6.20 Å². The zero-order valence-electron chi connectivity index (χ0n) is 6.31. The van der Waals surface area contributed by atoms with Gasteiger partial charge in [-0.25, -0.2) is 0 Å². The van der Waals surface area contributed by atoms with Crippen molar-refractivity contribution in [2.75, 3.05) is 0 Å². The maximum Gasteiger partial charge on any atom is 0.109 e. The van der Waals surface area contributed by atoms with Crippen molar-refractivity contribution in [3.05, 3.63) is 43.0 Å². The van der Waals surface area contributed by atoms with Gasteiger partial charge >= 0.3 is 0 Å². The average Bonchev–Trinajstić information content (AvgIpc) is 2.21. The van der Waals surface area contributed by atoms with Gasteiger partial charge in [0.05, 0.1) is 18.1 Å². The molecule has 0 aliphatic heterocycles. The molecule has 0 aliphatic carbocycles. The van der Waals surface area contributed by atoms with Gasteiger partial charge in [-0.1, -0.05) is 6.07 Å². The number of hydrogen-bond donors (Lipinski definition) is 0. The van der Waals surface area contributed by atoms with Gasteiger partial charge in [-0.05, 0) is 12.1 Å². The van der Waals surface area contributed by atoms with Crippen LogP contribution in [0.2, 0.25) is 0 Å². The molecule has 0 bridgehead atoms. The summed E-state index contributed by atoms with van der Waals surface area (Å²) in [7, 11) is 0. The molecule has 0 fully saturated rings. The number of pyridine rings is 1. The summed E-state index contributed by atoms with van der Waals surface area (Å²) >= 11 is 0. The number of aromatic nitrogens is 3. The molecule has 0 saturated carbocycles. The first kappa shape index (κ1) is 6.91. The Bertz CT molecular complexity index is 307. The lowest BCUT2D eigenvalue weighted by Crippen LogP contribution is -1.86. The largest absolute Gasteiger partial charge is 0.255 e. The summed E-state index contributed by atoms with van der Waals surface area (Å²) < 4.78 is 0. The maximum atomic E-state index is 4.13. The summed E-state index contributed by atoms with van der Waals surface area (Å²) in [4.78, 5) is 12.0. The van der Waals surface area contributed by atoms with Crippen LogP contribution in [0, 0.1) is 6.20 Å². The lowest BCUT2D eigenvalue weighted by molar-refractivity contribution is 1.17. The Labute approximate surface area is 70.1 Å². The van der Waals surface area contributed by atoms with Gasteiger partial charge in [0.1, 0.15) is 11.9 Å². The Morgan fingerprint density at radius 3 is 2.75 bits per heavy atom. The van der Waals surface area contributed by atoms with Crippen LogP contribution in [0.5, 0.6) is 0 Å². The Kier molecular flexibility index (Phi) is 1.78. The van der Waals surface area contributed by atoms with Crippen molar-refractivity contribution in [2.45, 2.75) is 0 Å². The van der Waals surface area contributed by atoms with Crippen molar-refractivity contribution in [3.8, 4) is 11.4 Å². The molecule has 0 saturated heterocycles. The normalized spacial score (nSPS) is 9.67. The standard InChI is InChI=1S/C9H6N3/c1-2-4-11-8(3-1)9-7-10-5-6-12-9/h1-4,6-7H. The molecule has 0 aliphatic rings. The Balaban J connectivity index is 2.46. The minimum absolute atomic E-state index is 0.773. The smallest absolute Gasteiger partial charge is 0.109 e. The van der Waals surface area contributed by atoms with E-state index in [9.17, 15) is 0 Å². The highest BCUT2D eigenvalue weighted by Crippen LogP contribution is 2.09. The van der Waals surface area contributed by atoms with Crippen molar-refractivity contribution in [1.29, 1.82) is 0 Å². The van der Waals surface area contributed by atoms with Crippen LogP contribution >= 0.6 is 0 Å². The summed E-state index contributed by atoms with van der Waals surface area (Å²) in [6, 6.07) is 5.68. The van der Waals surface area contributed by atoms with Gasteiger partial charge in [0.15, 0.2) is 0 Å². The average molecular weight is 156 g/mol. The van der Waals surface area contributed by atoms with E-state index in [4.69, 9.17) is 0 Å². The van der Waals surface area contributed by atoms with E-state index >= 15 is 0 Å². The quantitative estimate of drug-likeness (QED) is 0.625. The molecule has 2 heterocycles. The second kappa shape index (κ2) is 3.09. The third-order valence-electron chi connectivity index (χ3n) is 1.45. The van der Waals surface area contributed by atoms with E-state index in [1.54, 1.807) is 12.4 Å². The number of hydrogen-bond acceptors (Lipinski definition) is 3. The Morgan fingerprint density at radius 2 is 2.08 bits per heavy atom. The second-order valence-corrected chi connectivity index (χ2v) is 2.25. The summed E-state index contributed by atoms with van der Waals surface area (Å²) in [5, 5.41) is 0. The highest BCUT2D eigenvalue weighted by Gasteiger charge is 1.96. The van der Waals surface area contributed by atoms with Crippen molar-refractivity contribution < 1.29 is 0 Å². The first-order chi connectivity index (χ1) is 5.97. The molecule has 3 nitrogen and oxygen atoms in total. The fourth-order valence-corrected chi connectivity index (χ4v) is 0.910. The van der Waals surface area contributed by atoms with Crippen LogP contribution in [-0.2, 0) is 0 Å². The Morgan fingerprint density at radius 1 is 1.08 bits per heavy atom. The van der Waals surface area contributed by atoms with E-state index in [2.05, 4.69) is 21.1 Å². The molecule has 0 amide bonds. The van der Waals surface area contributed by atoms with E-state index in [1.807, 2.05) is 18.2 Å². The van der Waals surface area contributed by atoms with E-state index < -0.39 is 0 Å². The van der Waals surface area contributed by atoms with Gasteiger partial charge in [0.25, 0.3) is 0 Å². The van der Waals surface area contributed by atoms with Crippen molar-refractivity contribution in [2.24, 2.45) is 0 Å². The number of rotatable bonds is 1. The molecule has 0 N–H and O–H groups in total. The van der Waals surface area contributed by atoms with Crippen LogP contribution in [-0.4, -0.2) is 15.0 Å². The minimum atomic E-state index is 0.773. The molecule has 2 rings (SSSR count). The van der Waals surface area contributed by atoms with E-state index in [-0.39, 0.29) is 0 Å². The predicted molar refractivity (Wildman–Crippen MR) is 44.1 cm³/mol. The Hall–Kier alpha value is -1.77. The maximum absolute atomic E-state index is 4.13. The summed E-state index contributed by atoms with van der Waals surface area (Å²) in [6.45, 7) is 0. The molecule has 0 aromatic carbocycles. The van der Waals surface area contributed by atoms with E-state index in [0.29, 0.717) is 0 Å². The van der Waals surface area contributed by atoms with Crippen molar-refractivity contribution in [3.63, 3.8) is 0 Å². The van der Waals surface area contributed by atoms with Gasteiger partial charge in [-0.15, -0.1) is 0 Å². The first-order valence-corrected chi connectivity index (χ1v) is 3.56. The highest BCUT2D eigenvalue weighted by atomic mass is 14.8. The first-order valence-electron chi connectivity index (χ1n) is 3.56. The van der Waals surface area contributed by atoms with Crippen LogP contribution in [0.1, 0.15) is 0 Å². The van der Waals surface area contributed by atoms with Crippen molar-refractivity contribution >= 4 is 0 Å². The minimum Gasteiger partial charge on any atom is -0.255 e. The lowest BCUT2D eigenvalue weighted by Gasteiger charge is -1.95. The van der Waals surface area contributed by atoms with Crippen LogP contribution in [0.15, 0.2) is 36.8 Å². The summed E-state index contributed by atoms with van der Waals surface area (Å²) in [5.41, 5.74) is 1.60. The molecule has 1 radical (unpaired) electrons. The predicted octanol–water partition coefficient (Wildman–Crippen LogP) is 1.34. The third kappa shape index (κ3) is 1.29. The van der Waals surface area contributed by atoms with Gasteiger partial charge in [-0.3, -0.25) is 15.0 Å². The summed E-state index contributed by atoms with van der Waals surface area (Å²) in [6.07, 6.45) is 7.52. The number of nitrogens with zero attached hydrogens (tertiary/aromatic N) is 3. The molecule has 0 atom stereocenters. The molecular weight excluding hydrogens is 150 g/mol. The molecule has 0 unspecified atom stereocenters. The van der Waals surface area contributed by atoms with Gasteiger partial charge in [-0.2, -0.15) is 0 Å². The monoisotopic (exact) mass is 156 g/mol. The van der Waals surface area contributed by atoms with Gasteiger partial charge < -0.3 is 0 Å². The fraction of sp³-hybridized carbons (Fsp3) is 0. The van der Waals surface area contributed by atoms with Crippen molar-refractivity contribution in [1.82, 2.24) is 15.0 Å². The molecule has 2 aromatic rings. The molecular formula is C9H6N3. The summed E-state index contributed by atoms with van der Waals surface area (Å²) in [5.74, 6) is 0. The third-order valence-corrected chi connectivity index (χ3v) is 1.45. The molecule has 57 valence electrons. The van der Waals surface area contributed by atoms with Crippen LogP contribution < -0.4 is 0 Å². The molecule has 0 spiro atoms. The topological polar surface area (TPSA) is 38.7 Å². The molecule has 3 heteroatoms. The lowest BCUT2D eigenvalue weighted by atomic mass is 10.3. The van der Waals surface area contributed by atoms with E-state index in [1.165, 1.54) is 6.20 Å². The van der Waals surface area contributed by atoms with E-state index in [0.717, 1.165) is 11.4 Å². The van der Waals surface area contributed by atoms with Gasteiger partial charge in [0.2, 0.25) is 0 Å². The van der Waals surface area contributed by atoms with Crippen LogP contribution in [0.4, 0.5) is 0 Å². The van der Waals surface area contributed by atoms with Crippen LogP contribution in [0.3, 0.4) is 0 Å². The second-order valence-electron chi connectivity index (χ2n) is 2.25.